The molecule has 1 aliphatic rings. The quantitative estimate of drug-likeness (QED) is 0.473. The Labute approximate surface area is 122 Å². The molecule has 0 amide bonds. The van der Waals surface area contributed by atoms with Gasteiger partial charge in [-0.05, 0) is 41.3 Å². The number of hydrogen-bond acceptors (Lipinski definition) is 3. The van der Waals surface area contributed by atoms with Crippen molar-refractivity contribution in [3.63, 3.8) is 0 Å². The van der Waals surface area contributed by atoms with Crippen molar-refractivity contribution in [2.75, 3.05) is 0 Å². The van der Waals surface area contributed by atoms with Crippen molar-refractivity contribution < 1.29 is 9.72 Å². The highest BCUT2D eigenvalue weighted by atomic mass is 16.6. The fraction of sp³-hybridized carbons (Fsp3) is 0.235. The summed E-state index contributed by atoms with van der Waals surface area (Å²) in [5.41, 5.74) is 4.47. The molecule has 0 fully saturated rings. The number of nitro groups is 1. The van der Waals surface area contributed by atoms with Crippen LogP contribution in [0.4, 0.5) is 5.69 Å². The fourth-order valence-corrected chi connectivity index (χ4v) is 3.06. The molecule has 0 aliphatic heterocycles. The summed E-state index contributed by atoms with van der Waals surface area (Å²) in [4.78, 5) is 22.2. The van der Waals surface area contributed by atoms with Crippen molar-refractivity contribution in [2.24, 2.45) is 0 Å². The second-order valence-electron chi connectivity index (χ2n) is 5.93. The van der Waals surface area contributed by atoms with Crippen molar-refractivity contribution in [3.8, 4) is 11.1 Å². The Kier molecular flexibility index (Phi) is 2.73. The summed E-state index contributed by atoms with van der Waals surface area (Å²) in [5.74, 6) is 0.0236. The number of carbonyl (C=O) groups excluding carboxylic acids is 1. The van der Waals surface area contributed by atoms with Gasteiger partial charge in [0, 0.05) is 23.1 Å². The molecule has 0 unspecified atom stereocenters. The van der Waals surface area contributed by atoms with Crippen LogP contribution in [0, 0.1) is 10.1 Å². The fourth-order valence-electron chi connectivity index (χ4n) is 3.06. The standard InChI is InChI=1S/C17H15NO3/c1-10(19)11-4-6-13-14-7-5-12(18(20)21)9-16(14)17(2,3)15(13)8-11/h4-9H,1-3H3. The molecule has 0 radical (unpaired) electrons. The summed E-state index contributed by atoms with van der Waals surface area (Å²) in [6, 6.07) is 10.6. The number of Topliss-reactive ketones (excluding diaryl/α,β-unsaturated/α-hetero) is 1. The molecule has 0 atom stereocenters. The Morgan fingerprint density at radius 2 is 1.62 bits per heavy atom. The van der Waals surface area contributed by atoms with E-state index in [0.29, 0.717) is 5.56 Å². The van der Waals surface area contributed by atoms with E-state index in [-0.39, 0.29) is 21.8 Å². The molecular formula is C17H15NO3. The van der Waals surface area contributed by atoms with E-state index in [1.165, 1.54) is 6.07 Å². The van der Waals surface area contributed by atoms with E-state index in [1.54, 1.807) is 19.1 Å². The molecule has 0 saturated carbocycles. The van der Waals surface area contributed by atoms with Crippen LogP contribution in [0.25, 0.3) is 11.1 Å². The molecule has 0 heterocycles. The van der Waals surface area contributed by atoms with E-state index in [2.05, 4.69) is 0 Å². The van der Waals surface area contributed by atoms with E-state index in [4.69, 9.17) is 0 Å². The van der Waals surface area contributed by atoms with E-state index in [9.17, 15) is 14.9 Å². The van der Waals surface area contributed by atoms with E-state index in [0.717, 1.165) is 22.3 Å². The highest BCUT2D eigenvalue weighted by Crippen LogP contribution is 2.49. The summed E-state index contributed by atoms with van der Waals surface area (Å²) < 4.78 is 0. The lowest BCUT2D eigenvalue weighted by Crippen LogP contribution is -2.15. The predicted octanol–water partition coefficient (Wildman–Crippen LogP) is 4.10. The lowest BCUT2D eigenvalue weighted by molar-refractivity contribution is -0.384. The van der Waals surface area contributed by atoms with Gasteiger partial charge in [-0.2, -0.15) is 0 Å². The van der Waals surface area contributed by atoms with Gasteiger partial charge in [0.1, 0.15) is 0 Å². The van der Waals surface area contributed by atoms with Crippen LogP contribution in [0.5, 0.6) is 0 Å². The summed E-state index contributed by atoms with van der Waals surface area (Å²) in [7, 11) is 0. The topological polar surface area (TPSA) is 60.2 Å². The molecular weight excluding hydrogens is 266 g/mol. The van der Waals surface area contributed by atoms with Gasteiger partial charge in [-0.3, -0.25) is 14.9 Å². The highest BCUT2D eigenvalue weighted by molar-refractivity contribution is 5.96. The zero-order valence-corrected chi connectivity index (χ0v) is 12.1. The minimum Gasteiger partial charge on any atom is -0.295 e. The molecule has 4 heteroatoms. The molecule has 0 spiro atoms. The van der Waals surface area contributed by atoms with Crippen LogP contribution in [0.3, 0.4) is 0 Å². The van der Waals surface area contributed by atoms with Crippen molar-refractivity contribution in [1.29, 1.82) is 0 Å². The van der Waals surface area contributed by atoms with Gasteiger partial charge in [-0.1, -0.05) is 26.0 Å². The van der Waals surface area contributed by atoms with Gasteiger partial charge in [-0.25, -0.2) is 0 Å². The maximum atomic E-state index is 11.6. The molecule has 2 aromatic carbocycles. The predicted molar refractivity (Wildman–Crippen MR) is 80.7 cm³/mol. The third-order valence-electron chi connectivity index (χ3n) is 4.28. The first-order chi connectivity index (χ1) is 9.82. The normalized spacial score (nSPS) is 14.4. The number of fused-ring (bicyclic) bond motifs is 3. The third kappa shape index (κ3) is 1.87. The molecule has 0 aromatic heterocycles. The van der Waals surface area contributed by atoms with Gasteiger partial charge in [-0.15, -0.1) is 0 Å². The number of hydrogen-bond donors (Lipinski definition) is 0. The summed E-state index contributed by atoms with van der Waals surface area (Å²) in [6.07, 6.45) is 0. The van der Waals surface area contributed by atoms with Crippen LogP contribution >= 0.6 is 0 Å². The summed E-state index contributed by atoms with van der Waals surface area (Å²) in [6.45, 7) is 5.61. The van der Waals surface area contributed by atoms with Gasteiger partial charge >= 0.3 is 0 Å². The summed E-state index contributed by atoms with van der Waals surface area (Å²) >= 11 is 0. The Morgan fingerprint density at radius 1 is 1.05 bits per heavy atom. The second-order valence-corrected chi connectivity index (χ2v) is 5.93. The van der Waals surface area contributed by atoms with Crippen LogP contribution in [-0.2, 0) is 5.41 Å². The number of nitro benzene ring substituents is 1. The van der Waals surface area contributed by atoms with Crippen LogP contribution in [-0.4, -0.2) is 10.7 Å². The van der Waals surface area contributed by atoms with Crippen LogP contribution < -0.4 is 0 Å². The molecule has 1 aliphatic carbocycles. The maximum Gasteiger partial charge on any atom is 0.269 e. The molecule has 2 aromatic rings. The first-order valence-corrected chi connectivity index (χ1v) is 6.77. The van der Waals surface area contributed by atoms with Gasteiger partial charge in [0.05, 0.1) is 4.92 Å². The first kappa shape index (κ1) is 13.5. The lowest BCUT2D eigenvalue weighted by atomic mass is 9.81. The SMILES string of the molecule is CC(=O)c1ccc2c(c1)C(C)(C)c1cc([N+](=O)[O-])ccc1-2. The first-order valence-electron chi connectivity index (χ1n) is 6.77. The minimum atomic E-state index is -0.375. The number of ketones is 1. The monoisotopic (exact) mass is 281 g/mol. The third-order valence-corrected chi connectivity index (χ3v) is 4.28. The molecule has 106 valence electrons. The smallest absolute Gasteiger partial charge is 0.269 e. The number of rotatable bonds is 2. The van der Waals surface area contributed by atoms with E-state index in [1.807, 2.05) is 32.0 Å². The van der Waals surface area contributed by atoms with E-state index < -0.39 is 0 Å². The van der Waals surface area contributed by atoms with Gasteiger partial charge in [0.2, 0.25) is 0 Å². The number of benzene rings is 2. The number of carbonyl (C=O) groups is 1. The minimum absolute atomic E-state index is 0.0236. The number of non-ortho nitro benzene ring substituents is 1. The largest absolute Gasteiger partial charge is 0.295 e. The molecule has 21 heavy (non-hydrogen) atoms. The van der Waals surface area contributed by atoms with Gasteiger partial charge in [0.25, 0.3) is 5.69 Å². The summed E-state index contributed by atoms with van der Waals surface area (Å²) in [5, 5.41) is 11.0. The molecule has 4 nitrogen and oxygen atoms in total. The Hall–Kier alpha value is -2.49. The van der Waals surface area contributed by atoms with Crippen LogP contribution in [0.2, 0.25) is 0 Å². The van der Waals surface area contributed by atoms with Crippen molar-refractivity contribution >= 4 is 11.5 Å². The average molecular weight is 281 g/mol. The van der Waals surface area contributed by atoms with Gasteiger partial charge in [0.15, 0.2) is 5.78 Å². The van der Waals surface area contributed by atoms with Gasteiger partial charge < -0.3 is 0 Å². The van der Waals surface area contributed by atoms with Crippen LogP contribution in [0.1, 0.15) is 42.3 Å². The molecule has 0 saturated heterocycles. The second kappa shape index (κ2) is 4.25. The average Bonchev–Trinajstić information content (AvgIpc) is 2.67. The van der Waals surface area contributed by atoms with Crippen molar-refractivity contribution in [3.05, 3.63) is 63.2 Å². The zero-order chi connectivity index (χ0) is 15.4. The van der Waals surface area contributed by atoms with Crippen molar-refractivity contribution in [2.45, 2.75) is 26.2 Å². The highest BCUT2D eigenvalue weighted by Gasteiger charge is 2.36. The van der Waals surface area contributed by atoms with Crippen molar-refractivity contribution in [1.82, 2.24) is 0 Å². The maximum absolute atomic E-state index is 11.6. The Balaban J connectivity index is 2.26. The molecule has 0 N–H and O–H groups in total. The van der Waals surface area contributed by atoms with Crippen LogP contribution in [0.15, 0.2) is 36.4 Å². The zero-order valence-electron chi connectivity index (χ0n) is 12.1. The lowest BCUT2D eigenvalue weighted by Gasteiger charge is -2.21. The molecule has 0 bridgehead atoms. The molecule has 3 rings (SSSR count). The Morgan fingerprint density at radius 3 is 2.19 bits per heavy atom. The Bertz CT molecular complexity index is 725. The van der Waals surface area contributed by atoms with E-state index >= 15 is 0 Å². The number of nitrogens with zero attached hydrogens (tertiary/aromatic N) is 1.